The zero-order chi connectivity index (χ0) is 12.8. The third kappa shape index (κ3) is 5.50. The predicted octanol–water partition coefficient (Wildman–Crippen LogP) is 0.889. The molecule has 0 saturated carbocycles. The molecular formula is C11H12NNaO4S. The van der Waals surface area contributed by atoms with Crippen molar-refractivity contribution >= 4 is 47.1 Å². The van der Waals surface area contributed by atoms with E-state index in [-0.39, 0.29) is 46.4 Å². The third-order valence-corrected chi connectivity index (χ3v) is 2.59. The van der Waals surface area contributed by atoms with Gasteiger partial charge in [-0.05, 0) is 18.2 Å². The summed E-state index contributed by atoms with van der Waals surface area (Å²) in [4.78, 5) is 20.6. The van der Waals surface area contributed by atoms with E-state index in [4.69, 9.17) is 10.2 Å². The second-order valence-electron chi connectivity index (χ2n) is 3.10. The summed E-state index contributed by atoms with van der Waals surface area (Å²) in [6.07, 6.45) is 0. The second kappa shape index (κ2) is 8.10. The number of nitrogens with zero attached hydrogens (tertiary/aromatic N) is 1. The standard InChI is InChI=1S/C7H6O3.C4H5NOS.Na.H/c8-6-3-1-2-5(4-6)7(9)10;1-5-4(6)2-3-7-5;;/h1-4,8H,(H,9,10);2-3H,1H3;;. The number of aromatic hydroxyl groups is 1. The Morgan fingerprint density at radius 3 is 2.28 bits per heavy atom. The van der Waals surface area contributed by atoms with Crippen molar-refractivity contribution in [3.63, 3.8) is 0 Å². The van der Waals surface area contributed by atoms with Crippen LogP contribution in [0.1, 0.15) is 10.4 Å². The van der Waals surface area contributed by atoms with Crippen LogP contribution in [0.2, 0.25) is 0 Å². The van der Waals surface area contributed by atoms with Gasteiger partial charge in [-0.2, -0.15) is 0 Å². The topological polar surface area (TPSA) is 79.5 Å². The number of carboxylic acid groups (broad SMARTS) is 1. The molecule has 92 valence electrons. The van der Waals surface area contributed by atoms with Gasteiger partial charge in [0.15, 0.2) is 0 Å². The van der Waals surface area contributed by atoms with Crippen molar-refractivity contribution in [2.75, 3.05) is 0 Å². The molecule has 2 N–H and O–H groups in total. The Labute approximate surface area is 130 Å². The van der Waals surface area contributed by atoms with Crippen molar-refractivity contribution in [1.82, 2.24) is 3.96 Å². The van der Waals surface area contributed by atoms with Crippen LogP contribution in [0.5, 0.6) is 5.75 Å². The first-order valence-electron chi connectivity index (χ1n) is 4.64. The van der Waals surface area contributed by atoms with E-state index in [0.717, 1.165) is 0 Å². The van der Waals surface area contributed by atoms with Gasteiger partial charge < -0.3 is 10.2 Å². The predicted molar refractivity (Wildman–Crippen MR) is 71.8 cm³/mol. The van der Waals surface area contributed by atoms with Crippen molar-refractivity contribution in [2.45, 2.75) is 0 Å². The van der Waals surface area contributed by atoms with Gasteiger partial charge in [0.1, 0.15) is 5.75 Å². The molecule has 0 unspecified atom stereocenters. The molecule has 0 radical (unpaired) electrons. The number of aromatic nitrogens is 1. The van der Waals surface area contributed by atoms with Gasteiger partial charge in [0, 0.05) is 18.5 Å². The van der Waals surface area contributed by atoms with E-state index in [1.807, 2.05) is 0 Å². The van der Waals surface area contributed by atoms with Gasteiger partial charge in [0.25, 0.3) is 5.56 Å². The van der Waals surface area contributed by atoms with Gasteiger partial charge in [-0.25, -0.2) is 4.79 Å². The third-order valence-electron chi connectivity index (χ3n) is 1.83. The van der Waals surface area contributed by atoms with Crippen molar-refractivity contribution in [1.29, 1.82) is 0 Å². The molecule has 1 aromatic carbocycles. The Morgan fingerprint density at radius 2 is 2.00 bits per heavy atom. The summed E-state index contributed by atoms with van der Waals surface area (Å²) in [5.74, 6) is -1.06. The molecule has 0 saturated heterocycles. The van der Waals surface area contributed by atoms with Crippen LogP contribution in [-0.4, -0.2) is 49.7 Å². The summed E-state index contributed by atoms with van der Waals surface area (Å²) < 4.78 is 1.57. The Hall–Kier alpha value is -1.08. The van der Waals surface area contributed by atoms with Crippen LogP contribution in [0, 0.1) is 0 Å². The first-order chi connectivity index (χ1) is 8.00. The zero-order valence-electron chi connectivity index (χ0n) is 9.03. The molecule has 0 aliphatic carbocycles. The number of phenolic OH excluding ortho intramolecular Hbond substituents is 1. The van der Waals surface area contributed by atoms with E-state index in [9.17, 15) is 9.59 Å². The van der Waals surface area contributed by atoms with Crippen molar-refractivity contribution < 1.29 is 15.0 Å². The summed E-state index contributed by atoms with van der Waals surface area (Å²) in [5.41, 5.74) is 0.171. The fraction of sp³-hybridized carbons (Fsp3) is 0.0909. The molecule has 1 heterocycles. The van der Waals surface area contributed by atoms with E-state index in [1.165, 1.54) is 35.8 Å². The molecule has 0 aliphatic heterocycles. The molecule has 5 nitrogen and oxygen atoms in total. The number of aromatic carboxylic acids is 1. The molecule has 0 fully saturated rings. The van der Waals surface area contributed by atoms with Gasteiger partial charge in [0.05, 0.1) is 5.56 Å². The molecule has 0 bridgehead atoms. The molecule has 7 heteroatoms. The Kier molecular flexibility index (Phi) is 7.61. The molecule has 2 aromatic rings. The second-order valence-corrected chi connectivity index (χ2v) is 4.13. The van der Waals surface area contributed by atoms with E-state index < -0.39 is 5.97 Å². The molecule has 2 rings (SSSR count). The summed E-state index contributed by atoms with van der Waals surface area (Å²) in [7, 11) is 1.74. The molecule has 0 amide bonds. The van der Waals surface area contributed by atoms with Crippen LogP contribution in [-0.2, 0) is 7.05 Å². The quantitative estimate of drug-likeness (QED) is 0.759. The Bertz CT molecular complexity index is 564. The van der Waals surface area contributed by atoms with E-state index >= 15 is 0 Å². The van der Waals surface area contributed by atoms with Crippen molar-refractivity contribution in [3.05, 3.63) is 51.6 Å². The zero-order valence-corrected chi connectivity index (χ0v) is 9.85. The van der Waals surface area contributed by atoms with Crippen LogP contribution in [0.4, 0.5) is 0 Å². The molecule has 18 heavy (non-hydrogen) atoms. The van der Waals surface area contributed by atoms with Crippen LogP contribution >= 0.6 is 11.5 Å². The van der Waals surface area contributed by atoms with Crippen LogP contribution in [0.3, 0.4) is 0 Å². The maximum atomic E-state index is 10.4. The molecule has 0 aliphatic rings. The van der Waals surface area contributed by atoms with Gasteiger partial charge in [-0.1, -0.05) is 17.6 Å². The first kappa shape index (κ1) is 16.9. The Balaban J connectivity index is 0.000000321. The van der Waals surface area contributed by atoms with Gasteiger partial charge >= 0.3 is 35.5 Å². The van der Waals surface area contributed by atoms with Gasteiger partial charge in [-0.15, -0.1) is 0 Å². The molecule has 0 spiro atoms. The van der Waals surface area contributed by atoms with E-state index in [2.05, 4.69) is 0 Å². The Morgan fingerprint density at radius 1 is 1.33 bits per heavy atom. The average molecular weight is 277 g/mol. The summed E-state index contributed by atoms with van der Waals surface area (Å²) in [6.45, 7) is 0. The van der Waals surface area contributed by atoms with Crippen LogP contribution < -0.4 is 5.56 Å². The van der Waals surface area contributed by atoms with E-state index in [1.54, 1.807) is 22.5 Å². The normalized spacial score (nSPS) is 8.72. The number of rotatable bonds is 1. The minimum atomic E-state index is -1.03. The number of carboxylic acids is 1. The van der Waals surface area contributed by atoms with Gasteiger partial charge in [0.2, 0.25) is 0 Å². The number of benzene rings is 1. The monoisotopic (exact) mass is 277 g/mol. The number of hydrogen-bond donors (Lipinski definition) is 2. The summed E-state index contributed by atoms with van der Waals surface area (Å²) in [6, 6.07) is 7.07. The number of carbonyl (C=O) groups is 1. The van der Waals surface area contributed by atoms with E-state index in [0.29, 0.717) is 0 Å². The summed E-state index contributed by atoms with van der Waals surface area (Å²) >= 11 is 1.41. The minimum absolute atomic E-state index is 0. The average Bonchev–Trinajstić information content (AvgIpc) is 2.64. The van der Waals surface area contributed by atoms with Gasteiger partial charge in [-0.3, -0.25) is 8.75 Å². The van der Waals surface area contributed by atoms with Crippen molar-refractivity contribution in [2.24, 2.45) is 7.05 Å². The molecule has 0 atom stereocenters. The first-order valence-corrected chi connectivity index (χ1v) is 5.47. The maximum absolute atomic E-state index is 10.4. The van der Waals surface area contributed by atoms with Crippen LogP contribution in [0.15, 0.2) is 40.5 Å². The molecule has 1 aromatic heterocycles. The van der Waals surface area contributed by atoms with Crippen LogP contribution in [0.25, 0.3) is 0 Å². The number of aryl methyl sites for hydroxylation is 1. The number of phenols is 1. The number of hydrogen-bond acceptors (Lipinski definition) is 4. The SMILES string of the molecule is Cn1sccc1=O.O=C(O)c1cccc(O)c1.[NaH]. The fourth-order valence-corrected chi connectivity index (χ4v) is 1.50. The fourth-order valence-electron chi connectivity index (χ4n) is 0.976. The molecular weight excluding hydrogens is 265 g/mol. The summed E-state index contributed by atoms with van der Waals surface area (Å²) in [5, 5.41) is 19.0. The van der Waals surface area contributed by atoms with Crippen molar-refractivity contribution in [3.8, 4) is 5.75 Å².